The molecule has 182 valence electrons. The lowest BCUT2D eigenvalue weighted by Crippen LogP contribution is -2.47. The summed E-state index contributed by atoms with van der Waals surface area (Å²) in [4.78, 5) is 16.8. The molecule has 0 atom stereocenters. The van der Waals surface area contributed by atoms with Gasteiger partial charge in [-0.1, -0.05) is 23.2 Å². The normalized spacial score (nSPS) is 14.0. The van der Waals surface area contributed by atoms with Crippen LogP contribution in [0.1, 0.15) is 11.3 Å². The highest BCUT2D eigenvalue weighted by Gasteiger charge is 2.20. The smallest absolute Gasteiger partial charge is 0.406 e. The standard InChI is InChI=1S/C24H24Cl2N6O3/c1-16-23(15-28-32(16)19-3-4-20(25)21(26)13-19)35-24(34)29-18-2-5-22(17(12-18)14-27)31-8-6-30(7-9-31)10-11-33/h2-5,12-13,15,33H,6-11H2,1H3,(H,29,34). The van der Waals surface area contributed by atoms with E-state index in [1.165, 1.54) is 6.20 Å². The molecular weight excluding hydrogens is 491 g/mol. The molecule has 2 aromatic carbocycles. The summed E-state index contributed by atoms with van der Waals surface area (Å²) in [5.41, 5.74) is 3.00. The quantitative estimate of drug-likeness (QED) is 0.510. The zero-order valence-electron chi connectivity index (χ0n) is 19.0. The van der Waals surface area contributed by atoms with Crippen LogP contribution in [0, 0.1) is 18.3 Å². The number of nitrogens with one attached hydrogen (secondary N) is 1. The number of carbonyl (C=O) groups excluding carboxylic acids is 1. The lowest BCUT2D eigenvalue weighted by atomic mass is 10.1. The van der Waals surface area contributed by atoms with Crippen LogP contribution < -0.4 is 15.0 Å². The number of aliphatic hydroxyl groups is 1. The van der Waals surface area contributed by atoms with Gasteiger partial charge < -0.3 is 14.7 Å². The maximum absolute atomic E-state index is 12.5. The number of halogens is 2. The number of aliphatic hydroxyl groups excluding tert-OH is 1. The van der Waals surface area contributed by atoms with E-state index in [-0.39, 0.29) is 12.4 Å². The van der Waals surface area contributed by atoms with E-state index in [0.29, 0.717) is 39.2 Å². The van der Waals surface area contributed by atoms with Crippen molar-refractivity contribution in [2.45, 2.75) is 6.92 Å². The number of anilines is 2. The van der Waals surface area contributed by atoms with Crippen molar-refractivity contribution in [1.29, 1.82) is 5.26 Å². The number of benzene rings is 2. The Bertz CT molecular complexity index is 1260. The van der Waals surface area contributed by atoms with Crippen molar-refractivity contribution in [2.75, 3.05) is 49.5 Å². The summed E-state index contributed by atoms with van der Waals surface area (Å²) in [6.45, 7) is 5.68. The third-order valence-electron chi connectivity index (χ3n) is 5.81. The number of aromatic nitrogens is 2. The average Bonchev–Trinajstić information content (AvgIpc) is 3.21. The molecule has 0 radical (unpaired) electrons. The Labute approximate surface area is 213 Å². The minimum atomic E-state index is -0.698. The zero-order valence-corrected chi connectivity index (χ0v) is 20.6. The van der Waals surface area contributed by atoms with Crippen LogP contribution >= 0.6 is 23.2 Å². The van der Waals surface area contributed by atoms with Gasteiger partial charge >= 0.3 is 6.09 Å². The molecule has 1 aliphatic heterocycles. The molecule has 0 aliphatic carbocycles. The van der Waals surface area contributed by atoms with Gasteiger partial charge in [0.05, 0.1) is 45.5 Å². The highest BCUT2D eigenvalue weighted by atomic mass is 35.5. The molecule has 1 fully saturated rings. The van der Waals surface area contributed by atoms with Gasteiger partial charge in [-0.3, -0.25) is 10.2 Å². The Morgan fingerprint density at radius 1 is 1.17 bits per heavy atom. The van der Waals surface area contributed by atoms with E-state index in [9.17, 15) is 10.1 Å². The number of piperazine rings is 1. The second kappa shape index (κ2) is 11.0. The van der Waals surface area contributed by atoms with E-state index in [1.807, 2.05) is 6.07 Å². The second-order valence-corrected chi connectivity index (χ2v) is 8.83. The van der Waals surface area contributed by atoms with Gasteiger partial charge in [-0.05, 0) is 43.3 Å². The molecule has 11 heteroatoms. The van der Waals surface area contributed by atoms with Crippen LogP contribution in [0.3, 0.4) is 0 Å². The lowest BCUT2D eigenvalue weighted by Gasteiger charge is -2.36. The van der Waals surface area contributed by atoms with E-state index in [0.717, 1.165) is 31.9 Å². The molecule has 4 rings (SSSR count). The average molecular weight is 515 g/mol. The summed E-state index contributed by atoms with van der Waals surface area (Å²) in [7, 11) is 0. The number of hydrogen-bond acceptors (Lipinski definition) is 7. The predicted octanol–water partition coefficient (Wildman–Crippen LogP) is 4.08. The molecule has 35 heavy (non-hydrogen) atoms. The fraction of sp³-hybridized carbons (Fsp3) is 0.292. The molecule has 2 N–H and O–H groups in total. The summed E-state index contributed by atoms with van der Waals surface area (Å²) in [5.74, 6) is 0.284. The molecule has 9 nitrogen and oxygen atoms in total. The first-order valence-corrected chi connectivity index (χ1v) is 11.8. The minimum Gasteiger partial charge on any atom is -0.406 e. The minimum absolute atomic E-state index is 0.135. The molecule has 1 amide bonds. The third kappa shape index (κ3) is 5.69. The van der Waals surface area contributed by atoms with Crippen molar-refractivity contribution in [3.63, 3.8) is 0 Å². The molecule has 3 aromatic rings. The number of ether oxygens (including phenoxy) is 1. The number of nitrogens with zero attached hydrogens (tertiary/aromatic N) is 5. The first-order valence-electron chi connectivity index (χ1n) is 11.0. The highest BCUT2D eigenvalue weighted by Crippen LogP contribution is 2.28. The SMILES string of the molecule is Cc1c(OC(=O)Nc2ccc(N3CCN(CCO)CC3)c(C#N)c2)cnn1-c1ccc(Cl)c(Cl)c1. The van der Waals surface area contributed by atoms with Crippen molar-refractivity contribution in [3.05, 3.63) is 63.9 Å². The van der Waals surface area contributed by atoms with Crippen LogP contribution in [-0.2, 0) is 0 Å². The van der Waals surface area contributed by atoms with Gasteiger partial charge in [0, 0.05) is 38.4 Å². The van der Waals surface area contributed by atoms with Crippen LogP contribution in [0.2, 0.25) is 10.0 Å². The molecule has 0 spiro atoms. The van der Waals surface area contributed by atoms with Gasteiger partial charge in [0.2, 0.25) is 0 Å². The van der Waals surface area contributed by atoms with Gasteiger partial charge in [0.1, 0.15) is 6.07 Å². The van der Waals surface area contributed by atoms with Crippen molar-refractivity contribution in [3.8, 4) is 17.5 Å². The van der Waals surface area contributed by atoms with E-state index < -0.39 is 6.09 Å². The van der Waals surface area contributed by atoms with Crippen molar-refractivity contribution < 1.29 is 14.6 Å². The van der Waals surface area contributed by atoms with Gasteiger partial charge in [-0.2, -0.15) is 10.4 Å². The maximum Gasteiger partial charge on any atom is 0.417 e. The lowest BCUT2D eigenvalue weighted by molar-refractivity contribution is 0.189. The Morgan fingerprint density at radius 3 is 2.63 bits per heavy atom. The van der Waals surface area contributed by atoms with Crippen molar-refractivity contribution in [2.24, 2.45) is 0 Å². The van der Waals surface area contributed by atoms with Gasteiger partial charge in [-0.25, -0.2) is 9.48 Å². The number of β-amino-alcohol motifs (C(OH)–C–C–N with tert-alkyl or cyclic N) is 1. The van der Waals surface area contributed by atoms with Crippen molar-refractivity contribution in [1.82, 2.24) is 14.7 Å². The molecule has 0 unspecified atom stereocenters. The van der Waals surface area contributed by atoms with Gasteiger partial charge in [0.25, 0.3) is 0 Å². The molecule has 0 saturated carbocycles. The number of rotatable bonds is 6. The molecular formula is C24H24Cl2N6O3. The van der Waals surface area contributed by atoms with Gasteiger partial charge in [0.15, 0.2) is 5.75 Å². The topological polar surface area (TPSA) is 107 Å². The number of carbonyl (C=O) groups is 1. The van der Waals surface area contributed by atoms with E-state index in [2.05, 4.69) is 26.3 Å². The fourth-order valence-corrected chi connectivity index (χ4v) is 4.24. The molecule has 2 heterocycles. The summed E-state index contributed by atoms with van der Waals surface area (Å²) in [6.07, 6.45) is 0.744. The predicted molar refractivity (Wildman–Crippen MR) is 135 cm³/mol. The van der Waals surface area contributed by atoms with Crippen molar-refractivity contribution >= 4 is 40.7 Å². The molecule has 1 aromatic heterocycles. The monoisotopic (exact) mass is 514 g/mol. The largest absolute Gasteiger partial charge is 0.417 e. The summed E-state index contributed by atoms with van der Waals surface area (Å²) in [6, 6.07) is 12.5. The van der Waals surface area contributed by atoms with Gasteiger partial charge in [-0.15, -0.1) is 0 Å². The summed E-state index contributed by atoms with van der Waals surface area (Å²) >= 11 is 12.1. The Morgan fingerprint density at radius 2 is 1.94 bits per heavy atom. The van der Waals surface area contributed by atoms with E-state index in [4.69, 9.17) is 33.0 Å². The molecule has 1 aliphatic rings. The fourth-order valence-electron chi connectivity index (χ4n) is 3.95. The number of hydrogen-bond donors (Lipinski definition) is 2. The van der Waals surface area contributed by atoms with Crippen LogP contribution in [0.15, 0.2) is 42.6 Å². The van der Waals surface area contributed by atoms with E-state index >= 15 is 0 Å². The first-order chi connectivity index (χ1) is 16.9. The molecule has 1 saturated heterocycles. The van der Waals surface area contributed by atoms with E-state index in [1.54, 1.807) is 41.9 Å². The Hall–Kier alpha value is -3.29. The highest BCUT2D eigenvalue weighted by molar-refractivity contribution is 6.42. The Balaban J connectivity index is 1.42. The Kier molecular flexibility index (Phi) is 7.78. The first kappa shape index (κ1) is 24.8. The third-order valence-corrected chi connectivity index (χ3v) is 6.55. The zero-order chi connectivity index (χ0) is 24.9. The second-order valence-electron chi connectivity index (χ2n) is 8.01. The number of amides is 1. The summed E-state index contributed by atoms with van der Waals surface area (Å²) < 4.78 is 7.04. The maximum atomic E-state index is 12.5. The molecule has 0 bridgehead atoms. The van der Waals surface area contributed by atoms with Crippen LogP contribution in [0.25, 0.3) is 5.69 Å². The van der Waals surface area contributed by atoms with Crippen LogP contribution in [-0.4, -0.2) is 65.2 Å². The summed E-state index contributed by atoms with van der Waals surface area (Å²) in [5, 5.41) is 26.5. The number of nitriles is 1. The van der Waals surface area contributed by atoms with Crippen LogP contribution in [0.4, 0.5) is 16.2 Å². The van der Waals surface area contributed by atoms with Crippen LogP contribution in [0.5, 0.6) is 5.75 Å².